The van der Waals surface area contributed by atoms with Crippen molar-refractivity contribution in [2.24, 2.45) is 0 Å². The Kier molecular flexibility index (Phi) is 15.2. The predicted molar refractivity (Wildman–Crippen MR) is 123 cm³/mol. The van der Waals surface area contributed by atoms with Gasteiger partial charge in [0.25, 0.3) is 0 Å². The maximum atomic E-state index is 11.3. The van der Waals surface area contributed by atoms with Crippen LogP contribution >= 0.6 is 0 Å². The highest BCUT2D eigenvalue weighted by atomic mass is 16.7. The number of carbonyl (C=O) groups is 2. The molecule has 7 atom stereocenters. The van der Waals surface area contributed by atoms with Crippen molar-refractivity contribution in [1.82, 2.24) is 0 Å². The molecule has 0 amide bonds. The number of ether oxygens (including phenoxy) is 2. The normalized spacial score (nSPS) is 27.0. The molecule has 0 spiro atoms. The molecule has 6 N–H and O–H groups in total. The molecule has 10 heteroatoms. The Labute approximate surface area is 201 Å². The van der Waals surface area contributed by atoms with Crippen LogP contribution in [-0.2, 0) is 19.1 Å². The summed E-state index contributed by atoms with van der Waals surface area (Å²) in [4.78, 5) is 22.0. The van der Waals surface area contributed by atoms with E-state index in [2.05, 4.69) is 19.1 Å². The van der Waals surface area contributed by atoms with Crippen LogP contribution in [0.2, 0.25) is 0 Å². The topological polar surface area (TPSA) is 174 Å². The zero-order chi connectivity index (χ0) is 25.5. The monoisotopic (exact) mass is 490 g/mol. The molecule has 0 aromatic rings. The van der Waals surface area contributed by atoms with Crippen molar-refractivity contribution in [3.05, 3.63) is 12.2 Å². The lowest BCUT2D eigenvalue weighted by molar-refractivity contribution is -0.310. The molecule has 0 bridgehead atoms. The zero-order valence-corrected chi connectivity index (χ0v) is 20.0. The highest BCUT2D eigenvalue weighted by molar-refractivity contribution is 5.73. The summed E-state index contributed by atoms with van der Waals surface area (Å²) in [5.41, 5.74) is 0. The molecule has 0 aromatic heterocycles. The summed E-state index contributed by atoms with van der Waals surface area (Å²) in [6.45, 7) is 2.15. The van der Waals surface area contributed by atoms with Crippen LogP contribution in [0.15, 0.2) is 12.2 Å². The molecule has 1 rings (SSSR count). The van der Waals surface area contributed by atoms with E-state index >= 15 is 0 Å². The molecule has 1 aliphatic rings. The fourth-order valence-electron chi connectivity index (χ4n) is 3.86. The number of aliphatic hydroxyl groups excluding tert-OH is 4. The lowest BCUT2D eigenvalue weighted by Crippen LogP contribution is -2.61. The third-order valence-corrected chi connectivity index (χ3v) is 5.94. The van der Waals surface area contributed by atoms with Gasteiger partial charge >= 0.3 is 11.9 Å². The van der Waals surface area contributed by atoms with E-state index in [-0.39, 0.29) is 6.42 Å². The quantitative estimate of drug-likeness (QED) is 0.123. The Morgan fingerprint density at radius 1 is 0.882 bits per heavy atom. The minimum Gasteiger partial charge on any atom is -0.481 e. The SMILES string of the molecule is CCCCC/C=C\CCCC(O)C(CCCCCC(=O)O)O[C@@H]1O[C@H](C(=O)O)[C@@H](O)[C@H](O)[C@H]1O. The first-order valence-corrected chi connectivity index (χ1v) is 12.3. The van der Waals surface area contributed by atoms with Gasteiger partial charge in [-0.15, -0.1) is 0 Å². The van der Waals surface area contributed by atoms with Crippen LogP contribution in [0.5, 0.6) is 0 Å². The van der Waals surface area contributed by atoms with E-state index in [4.69, 9.17) is 14.6 Å². The van der Waals surface area contributed by atoms with E-state index in [1.165, 1.54) is 12.8 Å². The Morgan fingerprint density at radius 3 is 2.18 bits per heavy atom. The Balaban J connectivity index is 2.67. The number of allylic oxidation sites excluding steroid dienone is 2. The van der Waals surface area contributed by atoms with E-state index in [0.29, 0.717) is 38.5 Å². The number of hydrogen-bond acceptors (Lipinski definition) is 8. The lowest BCUT2D eigenvalue weighted by atomic mass is 9.97. The molecule has 0 aromatic carbocycles. The maximum Gasteiger partial charge on any atom is 0.335 e. The molecular weight excluding hydrogens is 448 g/mol. The number of rotatable bonds is 18. The molecule has 198 valence electrons. The molecule has 0 aliphatic carbocycles. The largest absolute Gasteiger partial charge is 0.481 e. The predicted octanol–water partition coefficient (Wildman–Crippen LogP) is 1.97. The van der Waals surface area contributed by atoms with Gasteiger partial charge in [0.15, 0.2) is 12.4 Å². The van der Waals surface area contributed by atoms with Crippen LogP contribution in [0.1, 0.15) is 84.0 Å². The number of aliphatic carboxylic acids is 2. The van der Waals surface area contributed by atoms with Gasteiger partial charge < -0.3 is 40.1 Å². The first kappa shape index (κ1) is 30.5. The number of carboxylic acid groups (broad SMARTS) is 2. The number of hydrogen-bond donors (Lipinski definition) is 6. The molecule has 2 unspecified atom stereocenters. The standard InChI is InChI=1S/C24H42O10/c1-2-3-4-5-6-7-8-10-13-16(25)17(14-11-9-12-15-18(26)27)33-24-21(30)19(28)20(29)22(34-24)23(31)32/h6-7,16-17,19-22,24-25,28-30H,2-5,8-15H2,1H3,(H,26,27)(H,31,32)/b7-6-/t16?,17?,19-,20-,21+,22-,24+/m0/s1. The van der Waals surface area contributed by atoms with Gasteiger partial charge in [0.2, 0.25) is 0 Å². The van der Waals surface area contributed by atoms with Crippen molar-refractivity contribution in [3.8, 4) is 0 Å². The highest BCUT2D eigenvalue weighted by Gasteiger charge is 2.48. The summed E-state index contributed by atoms with van der Waals surface area (Å²) in [6, 6.07) is 0. The third-order valence-electron chi connectivity index (χ3n) is 5.94. The fourth-order valence-corrected chi connectivity index (χ4v) is 3.86. The van der Waals surface area contributed by atoms with E-state index in [1.807, 2.05) is 0 Å². The molecule has 0 saturated carbocycles. The van der Waals surface area contributed by atoms with Gasteiger partial charge in [-0.05, 0) is 44.9 Å². The van der Waals surface area contributed by atoms with Crippen molar-refractivity contribution in [3.63, 3.8) is 0 Å². The fraction of sp³-hybridized carbons (Fsp3) is 0.833. The van der Waals surface area contributed by atoms with Crippen LogP contribution in [0, 0.1) is 0 Å². The average molecular weight is 491 g/mol. The lowest BCUT2D eigenvalue weighted by Gasteiger charge is -2.40. The van der Waals surface area contributed by atoms with Crippen LogP contribution in [-0.4, -0.2) is 85.5 Å². The van der Waals surface area contributed by atoms with Crippen LogP contribution < -0.4 is 0 Å². The maximum absolute atomic E-state index is 11.3. The summed E-state index contributed by atoms with van der Waals surface area (Å²) < 4.78 is 10.9. The van der Waals surface area contributed by atoms with Gasteiger partial charge in [0, 0.05) is 6.42 Å². The van der Waals surface area contributed by atoms with Gasteiger partial charge in [-0.25, -0.2) is 4.79 Å². The Hall–Kier alpha value is -1.56. The van der Waals surface area contributed by atoms with Gasteiger partial charge in [-0.2, -0.15) is 0 Å². The van der Waals surface area contributed by atoms with Crippen molar-refractivity contribution in [2.45, 2.75) is 127 Å². The second-order valence-corrected chi connectivity index (χ2v) is 8.87. The van der Waals surface area contributed by atoms with E-state index in [9.17, 15) is 35.1 Å². The minimum atomic E-state index is -1.82. The van der Waals surface area contributed by atoms with Crippen molar-refractivity contribution in [2.75, 3.05) is 0 Å². The molecule has 34 heavy (non-hydrogen) atoms. The summed E-state index contributed by atoms with van der Waals surface area (Å²) in [6.07, 6.45) is 2.18. The van der Waals surface area contributed by atoms with Crippen LogP contribution in [0.3, 0.4) is 0 Å². The molecule has 1 saturated heterocycles. The summed E-state index contributed by atoms with van der Waals surface area (Å²) >= 11 is 0. The van der Waals surface area contributed by atoms with Gasteiger partial charge in [0.1, 0.15) is 18.3 Å². The Bertz CT molecular complexity index is 611. The zero-order valence-electron chi connectivity index (χ0n) is 20.0. The van der Waals surface area contributed by atoms with Crippen LogP contribution in [0.25, 0.3) is 0 Å². The average Bonchev–Trinajstić information content (AvgIpc) is 2.79. The molecule has 0 radical (unpaired) electrons. The number of carboxylic acids is 2. The first-order valence-electron chi connectivity index (χ1n) is 12.3. The van der Waals surface area contributed by atoms with E-state index in [0.717, 1.165) is 19.3 Å². The van der Waals surface area contributed by atoms with Gasteiger partial charge in [0.05, 0.1) is 12.2 Å². The second kappa shape index (κ2) is 17.0. The molecule has 1 heterocycles. The van der Waals surface area contributed by atoms with Crippen molar-refractivity contribution in [1.29, 1.82) is 0 Å². The smallest absolute Gasteiger partial charge is 0.335 e. The number of unbranched alkanes of at least 4 members (excludes halogenated alkanes) is 6. The number of aliphatic hydroxyl groups is 4. The molecular formula is C24H42O10. The summed E-state index contributed by atoms with van der Waals surface area (Å²) in [7, 11) is 0. The van der Waals surface area contributed by atoms with Gasteiger partial charge in [-0.3, -0.25) is 4.79 Å². The summed E-state index contributed by atoms with van der Waals surface area (Å²) in [5.74, 6) is -2.40. The van der Waals surface area contributed by atoms with Crippen molar-refractivity contribution < 1.29 is 49.7 Å². The summed E-state index contributed by atoms with van der Waals surface area (Å²) in [5, 5.41) is 58.8. The second-order valence-electron chi connectivity index (χ2n) is 8.87. The molecule has 1 aliphatic heterocycles. The highest BCUT2D eigenvalue weighted by Crippen LogP contribution is 2.26. The first-order chi connectivity index (χ1) is 16.2. The molecule has 10 nitrogen and oxygen atoms in total. The minimum absolute atomic E-state index is 0.0352. The van der Waals surface area contributed by atoms with Crippen LogP contribution in [0.4, 0.5) is 0 Å². The Morgan fingerprint density at radius 2 is 1.56 bits per heavy atom. The van der Waals surface area contributed by atoms with E-state index < -0.39 is 54.9 Å². The molecule has 1 fully saturated rings. The van der Waals surface area contributed by atoms with E-state index in [1.54, 1.807) is 0 Å². The van der Waals surface area contributed by atoms with Gasteiger partial charge in [-0.1, -0.05) is 44.8 Å². The third kappa shape index (κ3) is 11.2. The van der Waals surface area contributed by atoms with Crippen molar-refractivity contribution >= 4 is 11.9 Å².